The molecule has 0 bridgehead atoms. The van der Waals surface area contributed by atoms with Gasteiger partial charge < -0.3 is 4.74 Å². The van der Waals surface area contributed by atoms with Crippen LogP contribution >= 0.6 is 11.8 Å². The fourth-order valence-electron chi connectivity index (χ4n) is 3.51. The summed E-state index contributed by atoms with van der Waals surface area (Å²) >= 11 is 1.26. The first-order valence-electron chi connectivity index (χ1n) is 10.0. The van der Waals surface area contributed by atoms with E-state index in [-0.39, 0.29) is 23.0 Å². The van der Waals surface area contributed by atoms with E-state index >= 15 is 0 Å². The van der Waals surface area contributed by atoms with E-state index in [0.717, 1.165) is 30.5 Å². The fraction of sp³-hybridized carbons (Fsp3) is 0.571. The summed E-state index contributed by atoms with van der Waals surface area (Å²) in [6.07, 6.45) is 4.54. The van der Waals surface area contributed by atoms with Gasteiger partial charge in [-0.2, -0.15) is 5.26 Å². The van der Waals surface area contributed by atoms with Gasteiger partial charge in [-0.05, 0) is 46.9 Å². The minimum Gasteiger partial charge on any atom is -0.378 e. The quantitative estimate of drug-likeness (QED) is 0.532. The zero-order chi connectivity index (χ0) is 21.7. The number of nitrogens with one attached hydrogen (secondary N) is 1. The topological polar surface area (TPSA) is 105 Å². The monoisotopic (exact) mass is 430 g/mol. The molecule has 0 aromatic carbocycles. The first-order chi connectivity index (χ1) is 14.3. The van der Waals surface area contributed by atoms with Gasteiger partial charge in [-0.1, -0.05) is 32.5 Å². The molecule has 0 aliphatic heterocycles. The molecule has 0 fully saturated rings. The molecular formula is C21H28N5O3S+. The zero-order valence-corrected chi connectivity index (χ0v) is 18.7. The van der Waals surface area contributed by atoms with Crippen molar-refractivity contribution < 1.29 is 18.7 Å². The lowest BCUT2D eigenvalue weighted by molar-refractivity contribution is -0.763. The Labute approximate surface area is 181 Å². The molecule has 2 aromatic rings. The molecule has 30 heavy (non-hydrogen) atoms. The number of pyridine rings is 1. The van der Waals surface area contributed by atoms with Gasteiger partial charge in [0.05, 0.1) is 11.3 Å². The van der Waals surface area contributed by atoms with Crippen LogP contribution in [0.4, 0.5) is 5.88 Å². The molecule has 1 N–H and O–H groups in total. The molecule has 9 heteroatoms. The Kier molecular flexibility index (Phi) is 7.10. The van der Waals surface area contributed by atoms with Gasteiger partial charge in [-0.3, -0.25) is 14.6 Å². The van der Waals surface area contributed by atoms with Crippen LogP contribution in [0, 0.1) is 22.7 Å². The van der Waals surface area contributed by atoms with Gasteiger partial charge >= 0.3 is 5.88 Å². The first-order valence-corrected chi connectivity index (χ1v) is 11.0. The Morgan fingerprint density at radius 3 is 3.00 bits per heavy atom. The van der Waals surface area contributed by atoms with E-state index in [1.807, 2.05) is 6.07 Å². The van der Waals surface area contributed by atoms with Crippen molar-refractivity contribution in [3.63, 3.8) is 0 Å². The normalized spacial score (nSPS) is 16.0. The van der Waals surface area contributed by atoms with E-state index in [1.54, 1.807) is 18.0 Å². The number of anilines is 1. The number of methoxy groups -OCH3 is 1. The molecule has 0 radical (unpaired) electrons. The summed E-state index contributed by atoms with van der Waals surface area (Å²) in [5.74, 6) is 0.732. The molecule has 0 spiro atoms. The lowest BCUT2D eigenvalue weighted by Gasteiger charge is -2.34. The van der Waals surface area contributed by atoms with Crippen LogP contribution in [0.3, 0.4) is 0 Å². The molecule has 2 aromatic heterocycles. The van der Waals surface area contributed by atoms with Crippen LogP contribution in [-0.2, 0) is 28.9 Å². The summed E-state index contributed by atoms with van der Waals surface area (Å²) in [6.45, 7) is 7.82. The summed E-state index contributed by atoms with van der Waals surface area (Å²) in [5, 5.41) is 16.7. The molecule has 3 rings (SSSR count). The molecule has 1 aliphatic carbocycles. The van der Waals surface area contributed by atoms with E-state index in [2.05, 4.69) is 37.4 Å². The maximum Gasteiger partial charge on any atom is 0.302 e. The number of fused-ring (bicyclic) bond motifs is 1. The standard InChI is InChI=1S/C21H27N5O3S/c1-21(2,3)16-5-6-17-14(10-16)9-15(11-22)20(23-17)30-13-18(27)24-19-12-26(25-29-19)7-8-28-4/h9,12,16H,5-8,10,13H2,1-4H3/p+1. The number of thioether (sulfide) groups is 1. The molecule has 1 amide bonds. The molecule has 8 nitrogen and oxygen atoms in total. The number of nitriles is 1. The van der Waals surface area contributed by atoms with Gasteiger partial charge in [0.25, 0.3) is 6.20 Å². The fourth-order valence-corrected chi connectivity index (χ4v) is 4.28. The molecule has 160 valence electrons. The Hall–Kier alpha value is -2.44. The predicted molar refractivity (Wildman–Crippen MR) is 112 cm³/mol. The lowest BCUT2D eigenvalue weighted by Crippen LogP contribution is -2.36. The second kappa shape index (κ2) is 9.58. The number of ether oxygens (including phenoxy) is 1. The number of carbonyl (C=O) groups excluding carboxylic acids is 1. The SMILES string of the molecule is COCC[n+]1cc(NC(=O)CSc2nc3c(cc2C#N)CC(C(C)(C)C)CC3)on1. The number of amides is 1. The van der Waals surface area contributed by atoms with Gasteiger partial charge in [0.1, 0.15) is 17.7 Å². The van der Waals surface area contributed by atoms with Crippen molar-refractivity contribution in [3.8, 4) is 6.07 Å². The third kappa shape index (κ3) is 5.58. The summed E-state index contributed by atoms with van der Waals surface area (Å²) in [6, 6.07) is 4.19. The summed E-state index contributed by atoms with van der Waals surface area (Å²) < 4.78 is 11.6. The van der Waals surface area contributed by atoms with Crippen LogP contribution in [0.25, 0.3) is 0 Å². The van der Waals surface area contributed by atoms with Crippen molar-refractivity contribution in [2.75, 3.05) is 24.8 Å². The number of hydrogen-bond acceptors (Lipinski definition) is 7. The van der Waals surface area contributed by atoms with Crippen LogP contribution in [0.15, 0.2) is 21.8 Å². The Bertz CT molecular complexity index is 945. The van der Waals surface area contributed by atoms with E-state index < -0.39 is 0 Å². The molecule has 0 saturated carbocycles. The highest BCUT2D eigenvalue weighted by molar-refractivity contribution is 8.00. The minimum atomic E-state index is -0.244. The lowest BCUT2D eigenvalue weighted by atomic mass is 9.71. The van der Waals surface area contributed by atoms with Gasteiger partial charge in [-0.15, -0.1) is 0 Å². The summed E-state index contributed by atoms with van der Waals surface area (Å²) in [5.41, 5.74) is 2.97. The second-order valence-corrected chi connectivity index (χ2v) is 9.49. The number of aryl methyl sites for hydroxylation is 1. The average molecular weight is 431 g/mol. The number of nitrogens with zero attached hydrogens (tertiary/aromatic N) is 4. The average Bonchev–Trinajstić information content (AvgIpc) is 3.15. The maximum absolute atomic E-state index is 12.3. The molecule has 2 heterocycles. The van der Waals surface area contributed by atoms with Gasteiger partial charge in [0.15, 0.2) is 0 Å². The van der Waals surface area contributed by atoms with Crippen molar-refractivity contribution in [3.05, 3.63) is 29.1 Å². The Morgan fingerprint density at radius 1 is 1.50 bits per heavy atom. The summed E-state index contributed by atoms with van der Waals surface area (Å²) in [7, 11) is 1.60. The highest BCUT2D eigenvalue weighted by Crippen LogP contribution is 2.38. The third-order valence-electron chi connectivity index (χ3n) is 5.33. The van der Waals surface area contributed by atoms with Crippen LogP contribution in [0.5, 0.6) is 0 Å². The van der Waals surface area contributed by atoms with Crippen LogP contribution in [0.1, 0.15) is 44.0 Å². The van der Waals surface area contributed by atoms with Gasteiger partial charge in [0, 0.05) is 12.8 Å². The van der Waals surface area contributed by atoms with E-state index in [1.165, 1.54) is 11.8 Å². The maximum atomic E-state index is 12.3. The Balaban J connectivity index is 1.62. The van der Waals surface area contributed by atoms with E-state index in [4.69, 9.17) is 14.2 Å². The number of aromatic nitrogens is 3. The van der Waals surface area contributed by atoms with Crippen molar-refractivity contribution in [1.82, 2.24) is 10.3 Å². The number of rotatable bonds is 7. The van der Waals surface area contributed by atoms with Gasteiger partial charge in [-0.25, -0.2) is 4.98 Å². The highest BCUT2D eigenvalue weighted by atomic mass is 32.2. The van der Waals surface area contributed by atoms with Crippen molar-refractivity contribution in [2.24, 2.45) is 11.3 Å². The van der Waals surface area contributed by atoms with E-state index in [9.17, 15) is 10.1 Å². The van der Waals surface area contributed by atoms with Crippen LogP contribution < -0.4 is 10.00 Å². The molecule has 0 saturated heterocycles. The number of carbonyl (C=O) groups is 1. The van der Waals surface area contributed by atoms with Crippen molar-refractivity contribution in [1.29, 1.82) is 5.26 Å². The zero-order valence-electron chi connectivity index (χ0n) is 17.9. The third-order valence-corrected chi connectivity index (χ3v) is 6.33. The first kappa shape index (κ1) is 22.2. The Morgan fingerprint density at radius 2 is 2.30 bits per heavy atom. The largest absolute Gasteiger partial charge is 0.378 e. The van der Waals surface area contributed by atoms with Crippen molar-refractivity contribution >= 4 is 23.6 Å². The highest BCUT2D eigenvalue weighted by Gasteiger charge is 2.30. The molecule has 1 atom stereocenters. The van der Waals surface area contributed by atoms with Crippen molar-refractivity contribution in [2.45, 2.75) is 51.6 Å². The number of hydrogen-bond donors (Lipinski definition) is 1. The van der Waals surface area contributed by atoms with E-state index in [0.29, 0.717) is 29.7 Å². The van der Waals surface area contributed by atoms with Crippen LogP contribution in [0.2, 0.25) is 0 Å². The minimum absolute atomic E-state index is 0.129. The van der Waals surface area contributed by atoms with Gasteiger partial charge in [0.2, 0.25) is 17.7 Å². The summed E-state index contributed by atoms with van der Waals surface area (Å²) in [4.78, 5) is 17.0. The van der Waals surface area contributed by atoms with Crippen LogP contribution in [-0.4, -0.2) is 35.6 Å². The predicted octanol–water partition coefficient (Wildman–Crippen LogP) is 2.76. The molecule has 1 unspecified atom stereocenters. The molecule has 1 aliphatic rings. The smallest absolute Gasteiger partial charge is 0.302 e. The molecular weight excluding hydrogens is 402 g/mol. The second-order valence-electron chi connectivity index (χ2n) is 8.52.